The summed E-state index contributed by atoms with van der Waals surface area (Å²) in [4.78, 5) is 26.2. The van der Waals surface area contributed by atoms with E-state index in [1.54, 1.807) is 4.90 Å². The summed E-state index contributed by atoms with van der Waals surface area (Å²) >= 11 is 0. The molecule has 2 aliphatic heterocycles. The average Bonchev–Trinajstić information content (AvgIpc) is 3.08. The van der Waals surface area contributed by atoms with Gasteiger partial charge in [0, 0.05) is 44.9 Å². The fourth-order valence-corrected chi connectivity index (χ4v) is 3.06. The zero-order valence-electron chi connectivity index (χ0n) is 12.6. The monoisotopic (exact) mass is 323 g/mol. The first-order chi connectivity index (χ1) is 11.1. The maximum atomic E-state index is 14.0. The van der Waals surface area contributed by atoms with E-state index in [0.29, 0.717) is 19.1 Å². The number of hydrogen-bond donors (Lipinski definition) is 0. The van der Waals surface area contributed by atoms with Crippen LogP contribution in [0.5, 0.6) is 0 Å². The number of hydrogen-bond acceptors (Lipinski definition) is 5. The Kier molecular flexibility index (Phi) is 4.53. The minimum Gasteiger partial charge on any atom is -0.380 e. The molecule has 0 spiro atoms. The van der Waals surface area contributed by atoms with Gasteiger partial charge in [-0.3, -0.25) is 19.8 Å². The van der Waals surface area contributed by atoms with Crippen molar-refractivity contribution in [1.29, 1.82) is 0 Å². The summed E-state index contributed by atoms with van der Waals surface area (Å²) in [5.41, 5.74) is -0.474. The maximum absolute atomic E-state index is 14.0. The van der Waals surface area contributed by atoms with E-state index in [1.807, 2.05) is 0 Å². The van der Waals surface area contributed by atoms with Crippen LogP contribution in [0.1, 0.15) is 16.8 Å². The second kappa shape index (κ2) is 6.59. The molecular formula is C15H18FN3O4. The number of piperazine rings is 1. The summed E-state index contributed by atoms with van der Waals surface area (Å²) in [5, 5.41) is 10.6. The maximum Gasteiger partial charge on any atom is 0.272 e. The second-order valence-corrected chi connectivity index (χ2v) is 5.77. The molecule has 2 heterocycles. The molecule has 0 saturated carbocycles. The number of halogens is 1. The molecular weight excluding hydrogens is 305 g/mol. The largest absolute Gasteiger partial charge is 0.380 e. The Hall–Kier alpha value is -2.06. The van der Waals surface area contributed by atoms with Gasteiger partial charge in [0.1, 0.15) is 5.82 Å². The van der Waals surface area contributed by atoms with Crippen LogP contribution >= 0.6 is 0 Å². The van der Waals surface area contributed by atoms with Crippen LogP contribution in [-0.4, -0.2) is 66.1 Å². The molecule has 0 radical (unpaired) electrons. The molecule has 2 fully saturated rings. The number of carbonyl (C=O) groups is 1. The molecule has 124 valence electrons. The number of nitrogens with zero attached hydrogens (tertiary/aromatic N) is 3. The van der Waals surface area contributed by atoms with Gasteiger partial charge in [0.15, 0.2) is 0 Å². The fourth-order valence-electron chi connectivity index (χ4n) is 3.06. The van der Waals surface area contributed by atoms with Crippen LogP contribution < -0.4 is 0 Å². The third-order valence-electron chi connectivity index (χ3n) is 4.42. The van der Waals surface area contributed by atoms with Gasteiger partial charge in [-0.05, 0) is 12.5 Å². The number of carbonyl (C=O) groups excluding carboxylic acids is 1. The van der Waals surface area contributed by atoms with Gasteiger partial charge in [0.05, 0.1) is 23.2 Å². The number of non-ortho nitro benzene ring substituents is 1. The quantitative estimate of drug-likeness (QED) is 0.619. The van der Waals surface area contributed by atoms with Gasteiger partial charge in [-0.15, -0.1) is 0 Å². The zero-order chi connectivity index (χ0) is 16.4. The molecule has 23 heavy (non-hydrogen) atoms. The smallest absolute Gasteiger partial charge is 0.272 e. The van der Waals surface area contributed by atoms with E-state index >= 15 is 0 Å². The van der Waals surface area contributed by atoms with Crippen LogP contribution in [0.3, 0.4) is 0 Å². The Morgan fingerprint density at radius 2 is 2.04 bits per heavy atom. The first-order valence-corrected chi connectivity index (χ1v) is 7.61. The third-order valence-corrected chi connectivity index (χ3v) is 4.42. The van der Waals surface area contributed by atoms with E-state index in [-0.39, 0.29) is 11.3 Å². The van der Waals surface area contributed by atoms with Crippen LogP contribution in [0.25, 0.3) is 0 Å². The van der Waals surface area contributed by atoms with Crippen LogP contribution in [0.2, 0.25) is 0 Å². The highest BCUT2D eigenvalue weighted by Gasteiger charge is 2.29. The minimum atomic E-state index is -0.851. The summed E-state index contributed by atoms with van der Waals surface area (Å²) in [7, 11) is 0. The second-order valence-electron chi connectivity index (χ2n) is 5.77. The third kappa shape index (κ3) is 3.32. The summed E-state index contributed by atoms with van der Waals surface area (Å²) in [6, 6.07) is 3.54. The standard InChI is InChI=1S/C15H18FN3O4/c16-14-9-11(19(21)22)1-2-13(14)15(20)18-6-4-17(5-7-18)12-3-8-23-10-12/h1-2,9,12H,3-8,10H2. The summed E-state index contributed by atoms with van der Waals surface area (Å²) in [5.74, 6) is -1.27. The molecule has 3 rings (SSSR count). The van der Waals surface area contributed by atoms with Crippen molar-refractivity contribution in [1.82, 2.24) is 9.80 Å². The lowest BCUT2D eigenvalue weighted by Gasteiger charge is -2.37. The fraction of sp³-hybridized carbons (Fsp3) is 0.533. The summed E-state index contributed by atoms with van der Waals surface area (Å²) < 4.78 is 19.3. The molecule has 0 bridgehead atoms. The van der Waals surface area contributed by atoms with E-state index in [1.165, 1.54) is 6.07 Å². The number of benzene rings is 1. The van der Waals surface area contributed by atoms with E-state index in [9.17, 15) is 19.3 Å². The van der Waals surface area contributed by atoms with Gasteiger partial charge in [-0.25, -0.2) is 4.39 Å². The predicted octanol–water partition coefficient (Wildman–Crippen LogP) is 1.28. The molecule has 0 aromatic heterocycles. The van der Waals surface area contributed by atoms with Crippen LogP contribution in [-0.2, 0) is 4.74 Å². The Morgan fingerprint density at radius 1 is 1.30 bits per heavy atom. The zero-order valence-corrected chi connectivity index (χ0v) is 12.6. The molecule has 2 saturated heterocycles. The van der Waals surface area contributed by atoms with E-state index in [0.717, 1.165) is 44.9 Å². The van der Waals surface area contributed by atoms with Crippen molar-refractivity contribution in [3.05, 3.63) is 39.7 Å². The molecule has 7 nitrogen and oxygen atoms in total. The topological polar surface area (TPSA) is 75.9 Å². The molecule has 1 aromatic carbocycles. The molecule has 0 N–H and O–H groups in total. The number of amides is 1. The van der Waals surface area contributed by atoms with E-state index in [4.69, 9.17) is 4.74 Å². The predicted molar refractivity (Wildman–Crippen MR) is 79.8 cm³/mol. The summed E-state index contributed by atoms with van der Waals surface area (Å²) in [6.45, 7) is 4.00. The molecule has 1 unspecified atom stereocenters. The van der Waals surface area contributed by atoms with Crippen LogP contribution in [0.4, 0.5) is 10.1 Å². The molecule has 0 aliphatic carbocycles. The number of nitro benzene ring substituents is 1. The summed E-state index contributed by atoms with van der Waals surface area (Å²) in [6.07, 6.45) is 1.00. The van der Waals surface area contributed by atoms with Crippen molar-refractivity contribution >= 4 is 11.6 Å². The van der Waals surface area contributed by atoms with Gasteiger partial charge in [0.25, 0.3) is 11.6 Å². The van der Waals surface area contributed by atoms with Crippen molar-refractivity contribution in [2.75, 3.05) is 39.4 Å². The number of nitro groups is 1. The van der Waals surface area contributed by atoms with Crippen LogP contribution in [0, 0.1) is 15.9 Å². The number of ether oxygens (including phenoxy) is 1. The lowest BCUT2D eigenvalue weighted by Crippen LogP contribution is -2.52. The molecule has 1 amide bonds. The van der Waals surface area contributed by atoms with Crippen molar-refractivity contribution < 1.29 is 18.8 Å². The molecule has 2 aliphatic rings. The first-order valence-electron chi connectivity index (χ1n) is 7.61. The van der Waals surface area contributed by atoms with Crippen molar-refractivity contribution in [3.63, 3.8) is 0 Å². The minimum absolute atomic E-state index is 0.117. The van der Waals surface area contributed by atoms with Gasteiger partial charge in [0.2, 0.25) is 0 Å². The van der Waals surface area contributed by atoms with Gasteiger partial charge in [-0.2, -0.15) is 0 Å². The first kappa shape index (κ1) is 15.8. The van der Waals surface area contributed by atoms with Gasteiger partial charge < -0.3 is 9.64 Å². The normalized spacial score (nSPS) is 22.3. The van der Waals surface area contributed by atoms with Gasteiger partial charge >= 0.3 is 0 Å². The highest BCUT2D eigenvalue weighted by atomic mass is 19.1. The average molecular weight is 323 g/mol. The highest BCUT2D eigenvalue weighted by Crippen LogP contribution is 2.20. The van der Waals surface area contributed by atoms with Crippen molar-refractivity contribution in [2.45, 2.75) is 12.5 Å². The Balaban J connectivity index is 1.64. The van der Waals surface area contributed by atoms with Gasteiger partial charge in [-0.1, -0.05) is 0 Å². The Labute approximate surface area is 132 Å². The van der Waals surface area contributed by atoms with Crippen LogP contribution in [0.15, 0.2) is 18.2 Å². The van der Waals surface area contributed by atoms with Crippen molar-refractivity contribution in [2.24, 2.45) is 0 Å². The molecule has 8 heteroatoms. The van der Waals surface area contributed by atoms with Crippen molar-refractivity contribution in [3.8, 4) is 0 Å². The molecule has 1 aromatic rings. The van der Waals surface area contributed by atoms with E-state index in [2.05, 4.69) is 4.90 Å². The Morgan fingerprint density at radius 3 is 2.61 bits per heavy atom. The van der Waals surface area contributed by atoms with E-state index < -0.39 is 16.6 Å². The Bertz CT molecular complexity index is 611. The SMILES string of the molecule is O=C(c1ccc([N+](=O)[O-])cc1F)N1CCN(C2CCOC2)CC1. The molecule has 1 atom stereocenters. The lowest BCUT2D eigenvalue weighted by atomic mass is 10.1. The number of rotatable bonds is 3. The highest BCUT2D eigenvalue weighted by molar-refractivity contribution is 5.94. The lowest BCUT2D eigenvalue weighted by molar-refractivity contribution is -0.385.